The molecule has 1 N–H and O–H groups in total. The molecule has 0 saturated carbocycles. The van der Waals surface area contributed by atoms with E-state index in [4.69, 9.17) is 5.11 Å². The maximum atomic E-state index is 11.2. The number of carbonyl (C=O) groups excluding carboxylic acids is 1. The molecule has 0 aliphatic rings. The number of rotatable bonds is 10. The van der Waals surface area contributed by atoms with Crippen molar-refractivity contribution < 1.29 is 9.90 Å². The van der Waals surface area contributed by atoms with Gasteiger partial charge in [0.15, 0.2) is 0 Å². The van der Waals surface area contributed by atoms with Gasteiger partial charge in [-0.25, -0.2) is 0 Å². The second-order valence-corrected chi connectivity index (χ2v) is 4.10. The molecule has 0 unspecified atom stereocenters. The standard InChI is InChI=1S/C13H25NO2/c1-3-10-14(13(2)16)11-8-6-4-5-7-9-12-15/h3,15H,1,4-12H2,2H3. The van der Waals surface area contributed by atoms with Gasteiger partial charge in [-0.3, -0.25) is 4.79 Å². The van der Waals surface area contributed by atoms with Gasteiger partial charge in [-0.05, 0) is 12.8 Å². The lowest BCUT2D eigenvalue weighted by molar-refractivity contribution is -0.128. The quantitative estimate of drug-likeness (QED) is 0.460. The van der Waals surface area contributed by atoms with Crippen molar-refractivity contribution in [1.29, 1.82) is 0 Å². The highest BCUT2D eigenvalue weighted by molar-refractivity contribution is 5.73. The summed E-state index contributed by atoms with van der Waals surface area (Å²) in [5, 5.41) is 8.61. The van der Waals surface area contributed by atoms with Gasteiger partial charge in [0.2, 0.25) is 5.91 Å². The zero-order valence-corrected chi connectivity index (χ0v) is 10.5. The first-order valence-electron chi connectivity index (χ1n) is 6.19. The number of amides is 1. The first-order chi connectivity index (χ1) is 7.72. The smallest absolute Gasteiger partial charge is 0.219 e. The Morgan fingerprint density at radius 1 is 1.19 bits per heavy atom. The highest BCUT2D eigenvalue weighted by Crippen LogP contribution is 2.06. The molecule has 0 aliphatic carbocycles. The summed E-state index contributed by atoms with van der Waals surface area (Å²) in [6, 6.07) is 0. The lowest BCUT2D eigenvalue weighted by atomic mass is 10.1. The summed E-state index contributed by atoms with van der Waals surface area (Å²) < 4.78 is 0. The number of aliphatic hydroxyl groups is 1. The molecule has 16 heavy (non-hydrogen) atoms. The number of unbranched alkanes of at least 4 members (excludes halogenated alkanes) is 5. The Morgan fingerprint density at radius 3 is 2.25 bits per heavy atom. The van der Waals surface area contributed by atoms with Gasteiger partial charge in [0.05, 0.1) is 0 Å². The largest absolute Gasteiger partial charge is 0.396 e. The summed E-state index contributed by atoms with van der Waals surface area (Å²) in [4.78, 5) is 13.0. The molecule has 0 rings (SSSR count). The fraction of sp³-hybridized carbons (Fsp3) is 0.769. The molecule has 0 spiro atoms. The van der Waals surface area contributed by atoms with Gasteiger partial charge >= 0.3 is 0 Å². The van der Waals surface area contributed by atoms with Gasteiger partial charge in [0.25, 0.3) is 0 Å². The first-order valence-corrected chi connectivity index (χ1v) is 6.19. The van der Waals surface area contributed by atoms with Crippen LogP contribution in [-0.2, 0) is 4.79 Å². The van der Waals surface area contributed by atoms with E-state index in [2.05, 4.69) is 6.58 Å². The second kappa shape index (κ2) is 10.7. The number of hydrogen-bond acceptors (Lipinski definition) is 2. The van der Waals surface area contributed by atoms with E-state index < -0.39 is 0 Å². The molecule has 0 saturated heterocycles. The Hall–Kier alpha value is -0.830. The average molecular weight is 227 g/mol. The summed E-state index contributed by atoms with van der Waals surface area (Å²) >= 11 is 0. The monoisotopic (exact) mass is 227 g/mol. The van der Waals surface area contributed by atoms with E-state index in [1.807, 2.05) is 4.90 Å². The SMILES string of the molecule is C=CCN(CCCCCCCCO)C(C)=O. The topological polar surface area (TPSA) is 40.5 Å². The van der Waals surface area contributed by atoms with Crippen LogP contribution in [0.1, 0.15) is 45.4 Å². The molecule has 0 aromatic heterocycles. The zero-order valence-electron chi connectivity index (χ0n) is 10.5. The minimum Gasteiger partial charge on any atom is -0.396 e. The van der Waals surface area contributed by atoms with Gasteiger partial charge in [-0.2, -0.15) is 0 Å². The highest BCUT2D eigenvalue weighted by Gasteiger charge is 2.04. The molecule has 3 nitrogen and oxygen atoms in total. The molecule has 0 radical (unpaired) electrons. The van der Waals surface area contributed by atoms with Crippen LogP contribution in [0.25, 0.3) is 0 Å². The zero-order chi connectivity index (χ0) is 12.2. The van der Waals surface area contributed by atoms with Gasteiger partial charge in [-0.15, -0.1) is 6.58 Å². The van der Waals surface area contributed by atoms with Crippen LogP contribution in [0.4, 0.5) is 0 Å². The Kier molecular flexibility index (Phi) is 10.1. The lowest BCUT2D eigenvalue weighted by Gasteiger charge is -2.18. The van der Waals surface area contributed by atoms with Gasteiger partial charge in [0, 0.05) is 26.6 Å². The molecule has 3 heteroatoms. The van der Waals surface area contributed by atoms with Gasteiger partial charge < -0.3 is 10.0 Å². The van der Waals surface area contributed by atoms with Crippen molar-refractivity contribution in [2.75, 3.05) is 19.7 Å². The third-order valence-corrected chi connectivity index (χ3v) is 2.63. The third-order valence-electron chi connectivity index (χ3n) is 2.63. The maximum Gasteiger partial charge on any atom is 0.219 e. The number of nitrogens with zero attached hydrogens (tertiary/aromatic N) is 1. The Morgan fingerprint density at radius 2 is 1.75 bits per heavy atom. The molecule has 0 aliphatic heterocycles. The normalized spacial score (nSPS) is 10.1. The fourth-order valence-corrected chi connectivity index (χ4v) is 1.65. The Labute approximate surface area is 99.1 Å². The highest BCUT2D eigenvalue weighted by atomic mass is 16.2. The van der Waals surface area contributed by atoms with Crippen LogP contribution in [0.15, 0.2) is 12.7 Å². The van der Waals surface area contributed by atoms with Crippen LogP contribution < -0.4 is 0 Å². The molecular weight excluding hydrogens is 202 g/mol. The van der Waals surface area contributed by atoms with Crippen LogP contribution in [0.2, 0.25) is 0 Å². The summed E-state index contributed by atoms with van der Waals surface area (Å²) in [5.74, 6) is 0.125. The number of aliphatic hydroxyl groups excluding tert-OH is 1. The van der Waals surface area contributed by atoms with Crippen molar-refractivity contribution in [3.63, 3.8) is 0 Å². The van der Waals surface area contributed by atoms with Crippen molar-refractivity contribution in [1.82, 2.24) is 4.90 Å². The first kappa shape index (κ1) is 15.2. The van der Waals surface area contributed by atoms with Crippen molar-refractivity contribution in [2.45, 2.75) is 45.4 Å². The molecule has 0 fully saturated rings. The van der Waals surface area contributed by atoms with Crippen LogP contribution in [0.3, 0.4) is 0 Å². The van der Waals surface area contributed by atoms with Crippen molar-refractivity contribution in [3.05, 3.63) is 12.7 Å². The Bertz CT molecular complexity index is 192. The van der Waals surface area contributed by atoms with E-state index in [1.54, 1.807) is 13.0 Å². The minimum absolute atomic E-state index is 0.125. The third kappa shape index (κ3) is 8.48. The van der Waals surface area contributed by atoms with Crippen LogP contribution in [0, 0.1) is 0 Å². The average Bonchev–Trinajstić information content (AvgIpc) is 2.26. The lowest BCUT2D eigenvalue weighted by Crippen LogP contribution is -2.29. The van der Waals surface area contributed by atoms with Crippen LogP contribution in [-0.4, -0.2) is 35.6 Å². The van der Waals surface area contributed by atoms with Crippen molar-refractivity contribution >= 4 is 5.91 Å². The van der Waals surface area contributed by atoms with E-state index in [-0.39, 0.29) is 5.91 Å². The number of carbonyl (C=O) groups is 1. The summed E-state index contributed by atoms with van der Waals surface area (Å²) in [5.41, 5.74) is 0. The molecule has 0 aromatic carbocycles. The fourth-order valence-electron chi connectivity index (χ4n) is 1.65. The molecule has 0 atom stereocenters. The predicted molar refractivity (Wildman–Crippen MR) is 67.2 cm³/mol. The molecule has 0 heterocycles. The van der Waals surface area contributed by atoms with Crippen molar-refractivity contribution in [3.8, 4) is 0 Å². The van der Waals surface area contributed by atoms with Gasteiger partial charge in [0.1, 0.15) is 0 Å². The van der Waals surface area contributed by atoms with E-state index in [0.29, 0.717) is 13.2 Å². The van der Waals surface area contributed by atoms with E-state index >= 15 is 0 Å². The van der Waals surface area contributed by atoms with E-state index in [0.717, 1.165) is 32.2 Å². The molecule has 94 valence electrons. The van der Waals surface area contributed by atoms with Crippen molar-refractivity contribution in [2.24, 2.45) is 0 Å². The summed E-state index contributed by atoms with van der Waals surface area (Å²) in [7, 11) is 0. The molecule has 0 aromatic rings. The predicted octanol–water partition coefficient (Wildman–Crippen LogP) is 2.35. The van der Waals surface area contributed by atoms with E-state index in [1.165, 1.54) is 12.8 Å². The maximum absolute atomic E-state index is 11.2. The number of hydrogen-bond donors (Lipinski definition) is 1. The molecule has 1 amide bonds. The second-order valence-electron chi connectivity index (χ2n) is 4.10. The van der Waals surface area contributed by atoms with Crippen LogP contribution >= 0.6 is 0 Å². The molecular formula is C13H25NO2. The summed E-state index contributed by atoms with van der Waals surface area (Å²) in [6.07, 6.45) is 8.39. The van der Waals surface area contributed by atoms with E-state index in [9.17, 15) is 4.79 Å². The van der Waals surface area contributed by atoms with Gasteiger partial charge in [-0.1, -0.05) is 31.8 Å². The van der Waals surface area contributed by atoms with Crippen LogP contribution in [0.5, 0.6) is 0 Å². The Balaban J connectivity index is 3.40. The summed E-state index contributed by atoms with van der Waals surface area (Å²) in [6.45, 7) is 7.04. The minimum atomic E-state index is 0.125. The molecule has 0 bridgehead atoms.